The van der Waals surface area contributed by atoms with Gasteiger partial charge in [0, 0.05) is 6.04 Å². The topological polar surface area (TPSA) is 109 Å². The van der Waals surface area contributed by atoms with E-state index in [1.165, 1.54) is 0 Å². The van der Waals surface area contributed by atoms with Crippen molar-refractivity contribution < 1.29 is 25.1 Å². The van der Waals surface area contributed by atoms with Crippen LogP contribution in [0, 0.1) is 0 Å². The lowest BCUT2D eigenvalue weighted by Gasteiger charge is -2.24. The van der Waals surface area contributed by atoms with Gasteiger partial charge in [0.1, 0.15) is 5.78 Å². The molecule has 0 aliphatic rings. The number of carboxylic acid groups (broad SMARTS) is 1. The van der Waals surface area contributed by atoms with Crippen molar-refractivity contribution in [1.29, 1.82) is 0 Å². The van der Waals surface area contributed by atoms with Crippen LogP contribution in [0.15, 0.2) is 0 Å². The number of nitrogens with zero attached hydrogens (tertiary/aromatic N) is 2. The molecule has 0 heterocycles. The third kappa shape index (κ3) is 31.9. The molecule has 4 N–H and O–H groups in total. The number of hydrogen-bond donors (Lipinski definition) is 2. The molecule has 0 aliphatic carbocycles. The minimum Gasteiger partial charge on any atom is -0.548 e. The Balaban J connectivity index is -0.000000121. The molecule has 0 saturated heterocycles. The van der Waals surface area contributed by atoms with Gasteiger partial charge in [0.15, 0.2) is 0 Å². The largest absolute Gasteiger partial charge is 1.00 e. The van der Waals surface area contributed by atoms with Gasteiger partial charge in [0.25, 0.3) is 0 Å². The van der Waals surface area contributed by atoms with E-state index in [4.69, 9.17) is 11.5 Å². The summed E-state index contributed by atoms with van der Waals surface area (Å²) in [6.45, 7) is 7.74. The molecule has 0 amide bonds. The first-order valence-corrected chi connectivity index (χ1v) is 10.5. The number of hydrogen-bond acceptors (Lipinski definition) is 5. The highest BCUT2D eigenvalue weighted by Gasteiger charge is 2.10. The summed E-state index contributed by atoms with van der Waals surface area (Å²) in [4.78, 5) is 21.1. The Morgan fingerprint density at radius 3 is 1.34 bits per heavy atom. The van der Waals surface area contributed by atoms with Crippen LogP contribution in [0.25, 0.3) is 0 Å². The SMILES string of the molecule is C.CC.CC(=O)C(N)CCCC[N+](C)(C)C.C[N+](C)(C)CCCCC(N)C(=O)[O-].[H+]. The first kappa shape index (κ1) is 35.4. The Bertz CT molecular complexity index is 370. The third-order valence-corrected chi connectivity index (χ3v) is 4.01. The van der Waals surface area contributed by atoms with Gasteiger partial charge in [-0.15, -0.1) is 0 Å². The van der Waals surface area contributed by atoms with E-state index in [1.807, 2.05) is 13.8 Å². The molecule has 178 valence electrons. The maximum atomic E-state index is 10.8. The van der Waals surface area contributed by atoms with Crippen LogP contribution >= 0.6 is 0 Å². The van der Waals surface area contributed by atoms with E-state index >= 15 is 0 Å². The van der Waals surface area contributed by atoms with Crippen molar-refractivity contribution in [2.45, 2.75) is 78.8 Å². The van der Waals surface area contributed by atoms with Crippen molar-refractivity contribution in [2.75, 3.05) is 55.4 Å². The summed E-state index contributed by atoms with van der Waals surface area (Å²) >= 11 is 0. The van der Waals surface area contributed by atoms with Crippen LogP contribution in [0.2, 0.25) is 0 Å². The van der Waals surface area contributed by atoms with Crippen molar-refractivity contribution >= 4 is 11.8 Å². The number of carbonyl (C=O) groups excluding carboxylic acids is 2. The molecule has 0 bridgehead atoms. The number of carbonyl (C=O) groups is 2. The van der Waals surface area contributed by atoms with Gasteiger partial charge in [-0.05, 0) is 45.4 Å². The first-order chi connectivity index (χ1) is 12.7. The molecule has 0 saturated carbocycles. The van der Waals surface area contributed by atoms with Gasteiger partial charge in [0.05, 0.1) is 67.4 Å². The number of nitrogens with two attached hydrogens (primary N) is 2. The fraction of sp³-hybridized carbons (Fsp3) is 0.909. The number of quaternary nitrogens is 2. The minimum absolute atomic E-state index is 0. The standard InChI is InChI=1S/C10H23N2O.C9H20N2O2.C2H6.CH4/c1-9(13)10(11)7-5-6-8-12(2,3)4;1-11(2,3)7-5-4-6-8(10)9(12)13;1-2;/h10H,5-8,11H2,1-4H3;8H,4-7,10H2,1-3H3;1-2H3;1H4/q+1;;;/p+1. The molecule has 7 nitrogen and oxygen atoms in total. The van der Waals surface area contributed by atoms with Crippen molar-refractivity contribution in [3.05, 3.63) is 0 Å². The zero-order valence-corrected chi connectivity index (χ0v) is 20.1. The lowest BCUT2D eigenvalue weighted by molar-refractivity contribution is -0.870. The maximum absolute atomic E-state index is 10.8. The molecule has 0 aliphatic heterocycles. The van der Waals surface area contributed by atoms with Gasteiger partial charge in [0.2, 0.25) is 0 Å². The summed E-state index contributed by atoms with van der Waals surface area (Å²) in [7, 11) is 12.8. The van der Waals surface area contributed by atoms with Gasteiger partial charge >= 0.3 is 1.43 Å². The molecule has 29 heavy (non-hydrogen) atoms. The quantitative estimate of drug-likeness (QED) is 0.366. The van der Waals surface area contributed by atoms with Crippen molar-refractivity contribution in [1.82, 2.24) is 0 Å². The predicted molar refractivity (Wildman–Crippen MR) is 124 cm³/mol. The molecular weight excluding hydrogens is 368 g/mol. The highest BCUT2D eigenvalue weighted by Crippen LogP contribution is 2.03. The van der Waals surface area contributed by atoms with Gasteiger partial charge in [-0.3, -0.25) is 4.79 Å². The van der Waals surface area contributed by atoms with Gasteiger partial charge in [-0.1, -0.05) is 21.3 Å². The van der Waals surface area contributed by atoms with E-state index < -0.39 is 12.0 Å². The number of Topliss-reactive ketones (excluding diaryl/α,β-unsaturated/α-hetero) is 1. The molecule has 2 unspecified atom stereocenters. The van der Waals surface area contributed by atoms with E-state index in [9.17, 15) is 14.7 Å². The number of carboxylic acids is 1. The minimum atomic E-state index is -1.15. The predicted octanol–water partition coefficient (Wildman–Crippen LogP) is 1.49. The maximum Gasteiger partial charge on any atom is 1.00 e. The number of aliphatic carboxylic acids is 1. The zero-order chi connectivity index (χ0) is 23.0. The lowest BCUT2D eigenvalue weighted by atomic mass is 10.1. The van der Waals surface area contributed by atoms with Crippen molar-refractivity contribution in [3.63, 3.8) is 0 Å². The summed E-state index contributed by atoms with van der Waals surface area (Å²) in [5.41, 5.74) is 10.9. The first-order valence-electron chi connectivity index (χ1n) is 10.5. The number of rotatable bonds is 12. The zero-order valence-electron chi connectivity index (χ0n) is 21.1. The fourth-order valence-electron chi connectivity index (χ4n) is 2.22. The summed E-state index contributed by atoms with van der Waals surface area (Å²) in [5.74, 6) is -1.05. The molecule has 0 fully saturated rings. The monoisotopic (exact) mass is 422 g/mol. The average molecular weight is 423 g/mol. The van der Waals surface area contributed by atoms with E-state index in [2.05, 4.69) is 42.3 Å². The summed E-state index contributed by atoms with van der Waals surface area (Å²) in [6, 6.07) is -1.04. The molecule has 0 spiro atoms. The van der Waals surface area contributed by atoms with Crippen LogP contribution in [0.4, 0.5) is 0 Å². The smallest absolute Gasteiger partial charge is 0.548 e. The molecular formula is C22H54N4O3+2. The average Bonchev–Trinajstić information content (AvgIpc) is 2.55. The van der Waals surface area contributed by atoms with Gasteiger partial charge in [-0.25, -0.2) is 0 Å². The third-order valence-electron chi connectivity index (χ3n) is 4.01. The van der Waals surface area contributed by atoms with Crippen LogP contribution in [0.5, 0.6) is 0 Å². The van der Waals surface area contributed by atoms with Crippen molar-refractivity contribution in [2.24, 2.45) is 11.5 Å². The molecule has 0 aromatic carbocycles. The Hall–Kier alpha value is -1.02. The lowest BCUT2D eigenvalue weighted by Crippen LogP contribution is -2.42. The van der Waals surface area contributed by atoms with E-state index in [1.54, 1.807) is 6.92 Å². The van der Waals surface area contributed by atoms with Gasteiger partial charge < -0.3 is 30.3 Å². The van der Waals surface area contributed by atoms with Crippen LogP contribution in [-0.4, -0.2) is 88.2 Å². The Labute approximate surface area is 183 Å². The van der Waals surface area contributed by atoms with Crippen LogP contribution in [-0.2, 0) is 9.59 Å². The van der Waals surface area contributed by atoms with Crippen LogP contribution in [0.1, 0.15) is 68.1 Å². The molecule has 7 heteroatoms. The highest BCUT2D eigenvalue weighted by atomic mass is 16.4. The van der Waals surface area contributed by atoms with Crippen LogP contribution < -0.4 is 16.6 Å². The highest BCUT2D eigenvalue weighted by molar-refractivity contribution is 5.81. The fourth-order valence-corrected chi connectivity index (χ4v) is 2.22. The second kappa shape index (κ2) is 19.0. The molecule has 0 radical (unpaired) electrons. The van der Waals surface area contributed by atoms with Crippen LogP contribution in [0.3, 0.4) is 0 Å². The Morgan fingerprint density at radius 1 is 0.793 bits per heavy atom. The summed E-state index contributed by atoms with van der Waals surface area (Å²) in [5, 5.41) is 10.3. The van der Waals surface area contributed by atoms with Gasteiger partial charge in [-0.2, -0.15) is 0 Å². The summed E-state index contributed by atoms with van der Waals surface area (Å²) < 4.78 is 1.88. The molecule has 0 aromatic rings. The second-order valence-electron chi connectivity index (χ2n) is 9.16. The normalized spacial score (nSPS) is 12.9. The van der Waals surface area contributed by atoms with E-state index in [-0.39, 0.29) is 20.7 Å². The van der Waals surface area contributed by atoms with Crippen molar-refractivity contribution in [3.8, 4) is 0 Å². The molecule has 0 rings (SSSR count). The molecule has 2 atom stereocenters. The Morgan fingerprint density at radius 2 is 1.10 bits per heavy atom. The summed E-state index contributed by atoms with van der Waals surface area (Å²) in [6.07, 6.45) is 5.40. The van der Waals surface area contributed by atoms with E-state index in [0.29, 0.717) is 6.42 Å². The Kier molecular flexibility index (Phi) is 23.2. The number of ketones is 1. The second-order valence-corrected chi connectivity index (χ2v) is 9.16. The number of unbranched alkanes of at least 4 members (excludes halogenated alkanes) is 2. The molecule has 0 aromatic heterocycles. The van der Waals surface area contributed by atoms with E-state index in [0.717, 1.165) is 54.2 Å².